The molecule has 3 aromatic rings. The Hall–Kier alpha value is -1.85. The van der Waals surface area contributed by atoms with Gasteiger partial charge in [-0.05, 0) is 34.1 Å². The molecule has 2 aromatic carbocycles. The maximum atomic E-state index is 14.0. The molecule has 0 spiro atoms. The van der Waals surface area contributed by atoms with Gasteiger partial charge in [-0.3, -0.25) is 5.10 Å². The Morgan fingerprint density at radius 3 is 2.67 bits per heavy atom. The minimum atomic E-state index is -0.347. The molecular weight excluding hydrogens is 357 g/mol. The molecule has 0 amide bonds. The maximum absolute atomic E-state index is 14.0. The molecule has 0 aliphatic carbocycles. The highest BCUT2D eigenvalue weighted by molar-refractivity contribution is 9.10. The Morgan fingerprint density at radius 2 is 1.95 bits per heavy atom. The van der Waals surface area contributed by atoms with E-state index in [4.69, 9.17) is 17.3 Å². The van der Waals surface area contributed by atoms with Crippen LogP contribution in [0.3, 0.4) is 0 Å². The van der Waals surface area contributed by atoms with Gasteiger partial charge < -0.3 is 5.73 Å². The van der Waals surface area contributed by atoms with Crippen LogP contribution in [0.4, 0.5) is 10.2 Å². The molecule has 0 aliphatic heterocycles. The van der Waals surface area contributed by atoms with Crippen LogP contribution in [0.1, 0.15) is 0 Å². The lowest BCUT2D eigenvalue weighted by molar-refractivity contribution is 0.631. The highest BCUT2D eigenvalue weighted by Gasteiger charge is 2.18. The fraction of sp³-hybridized carbons (Fsp3) is 0. The van der Waals surface area contributed by atoms with Crippen molar-refractivity contribution in [1.29, 1.82) is 0 Å². The number of nitrogens with two attached hydrogens (primary N) is 1. The minimum Gasteiger partial charge on any atom is -0.382 e. The van der Waals surface area contributed by atoms with Gasteiger partial charge in [-0.15, -0.1) is 0 Å². The van der Waals surface area contributed by atoms with Crippen LogP contribution in [-0.4, -0.2) is 10.2 Å². The van der Waals surface area contributed by atoms with Crippen molar-refractivity contribution >= 4 is 33.3 Å². The molecule has 1 aromatic heterocycles. The predicted molar refractivity (Wildman–Crippen MR) is 86.5 cm³/mol. The van der Waals surface area contributed by atoms with E-state index in [1.807, 2.05) is 12.1 Å². The molecular formula is C15H10BrClFN3. The molecule has 0 radical (unpaired) electrons. The molecule has 0 saturated carbocycles. The molecule has 0 fully saturated rings. The minimum absolute atomic E-state index is 0.251. The number of aromatic amines is 1. The van der Waals surface area contributed by atoms with E-state index in [1.54, 1.807) is 24.3 Å². The smallest absolute Gasteiger partial charge is 0.153 e. The Morgan fingerprint density at radius 1 is 1.19 bits per heavy atom. The molecule has 0 saturated heterocycles. The number of halogens is 3. The van der Waals surface area contributed by atoms with Crippen molar-refractivity contribution in [2.75, 3.05) is 5.73 Å². The van der Waals surface area contributed by atoms with Gasteiger partial charge in [0.05, 0.1) is 16.3 Å². The Labute approximate surface area is 134 Å². The predicted octanol–water partition coefficient (Wildman–Crippen LogP) is 4.88. The fourth-order valence-electron chi connectivity index (χ4n) is 2.15. The number of anilines is 1. The molecule has 3 N–H and O–H groups in total. The van der Waals surface area contributed by atoms with E-state index in [-0.39, 0.29) is 11.6 Å². The first-order chi connectivity index (χ1) is 10.1. The van der Waals surface area contributed by atoms with Gasteiger partial charge >= 0.3 is 0 Å². The zero-order valence-electron chi connectivity index (χ0n) is 10.7. The van der Waals surface area contributed by atoms with Crippen molar-refractivity contribution in [3.63, 3.8) is 0 Å². The van der Waals surface area contributed by atoms with E-state index < -0.39 is 0 Å². The lowest BCUT2D eigenvalue weighted by Gasteiger charge is -2.07. The number of hydrogen-bond acceptors (Lipinski definition) is 2. The van der Waals surface area contributed by atoms with E-state index in [9.17, 15) is 4.39 Å². The molecule has 21 heavy (non-hydrogen) atoms. The van der Waals surface area contributed by atoms with Crippen LogP contribution in [0.25, 0.3) is 22.4 Å². The normalized spacial score (nSPS) is 10.8. The number of nitrogen functional groups attached to an aromatic ring is 1. The van der Waals surface area contributed by atoms with Gasteiger partial charge in [-0.1, -0.05) is 35.9 Å². The number of H-pyrrole nitrogens is 1. The standard InChI is InChI=1S/C15H10BrClFN3/c16-10-7-8(5-6-11(10)17)14-13(15(19)21-20-14)9-3-1-2-4-12(9)18/h1-7H,(H3,19,20,21). The van der Waals surface area contributed by atoms with E-state index in [2.05, 4.69) is 26.1 Å². The third-order valence-electron chi connectivity index (χ3n) is 3.15. The second-order valence-electron chi connectivity index (χ2n) is 4.47. The summed E-state index contributed by atoms with van der Waals surface area (Å²) in [5.41, 5.74) is 8.31. The van der Waals surface area contributed by atoms with Gasteiger partial charge in [0.25, 0.3) is 0 Å². The number of hydrogen-bond donors (Lipinski definition) is 2. The van der Waals surface area contributed by atoms with Gasteiger partial charge in [-0.2, -0.15) is 5.10 Å². The quantitative estimate of drug-likeness (QED) is 0.679. The zero-order valence-corrected chi connectivity index (χ0v) is 13.0. The zero-order chi connectivity index (χ0) is 15.0. The summed E-state index contributed by atoms with van der Waals surface area (Å²) < 4.78 is 14.8. The van der Waals surface area contributed by atoms with Crippen LogP contribution in [0.2, 0.25) is 5.02 Å². The van der Waals surface area contributed by atoms with Crippen LogP contribution >= 0.6 is 27.5 Å². The van der Waals surface area contributed by atoms with E-state index in [0.717, 1.165) is 10.0 Å². The number of nitrogens with one attached hydrogen (secondary N) is 1. The molecule has 6 heteroatoms. The van der Waals surface area contributed by atoms with Crippen LogP contribution < -0.4 is 5.73 Å². The summed E-state index contributed by atoms with van der Waals surface area (Å²) in [7, 11) is 0. The average molecular weight is 367 g/mol. The first-order valence-electron chi connectivity index (χ1n) is 6.12. The van der Waals surface area contributed by atoms with Crippen molar-refractivity contribution in [3.05, 3.63) is 57.8 Å². The number of rotatable bonds is 2. The van der Waals surface area contributed by atoms with Crippen molar-refractivity contribution in [2.24, 2.45) is 0 Å². The van der Waals surface area contributed by atoms with Gasteiger partial charge in [-0.25, -0.2) is 4.39 Å². The summed E-state index contributed by atoms with van der Waals surface area (Å²) in [6, 6.07) is 11.9. The third kappa shape index (κ3) is 2.54. The molecule has 0 bridgehead atoms. The monoisotopic (exact) mass is 365 g/mol. The van der Waals surface area contributed by atoms with E-state index >= 15 is 0 Å². The van der Waals surface area contributed by atoms with E-state index in [1.165, 1.54) is 6.07 Å². The summed E-state index contributed by atoms with van der Waals surface area (Å²) in [6.45, 7) is 0. The molecule has 0 atom stereocenters. The van der Waals surface area contributed by atoms with Crippen molar-refractivity contribution in [3.8, 4) is 22.4 Å². The van der Waals surface area contributed by atoms with Crippen LogP contribution in [0, 0.1) is 5.82 Å². The Balaban J connectivity index is 2.22. The molecule has 1 heterocycles. The van der Waals surface area contributed by atoms with Crippen LogP contribution in [0.5, 0.6) is 0 Å². The molecule has 3 nitrogen and oxygen atoms in total. The lowest BCUT2D eigenvalue weighted by atomic mass is 10.0. The summed E-state index contributed by atoms with van der Waals surface area (Å²) >= 11 is 9.37. The van der Waals surface area contributed by atoms with Gasteiger partial charge in [0.1, 0.15) is 5.82 Å². The summed E-state index contributed by atoms with van der Waals surface area (Å²) in [5.74, 6) is -0.0962. The first kappa shape index (κ1) is 14.1. The van der Waals surface area contributed by atoms with E-state index in [0.29, 0.717) is 21.8 Å². The summed E-state index contributed by atoms with van der Waals surface area (Å²) in [4.78, 5) is 0. The SMILES string of the molecule is Nc1n[nH]c(-c2ccc(Cl)c(Br)c2)c1-c1ccccc1F. The topological polar surface area (TPSA) is 54.7 Å². The number of aromatic nitrogens is 2. The van der Waals surface area contributed by atoms with Gasteiger partial charge in [0, 0.05) is 15.6 Å². The average Bonchev–Trinajstić information content (AvgIpc) is 2.84. The van der Waals surface area contributed by atoms with Crippen LogP contribution in [0.15, 0.2) is 46.9 Å². The highest BCUT2D eigenvalue weighted by Crippen LogP contribution is 2.37. The van der Waals surface area contributed by atoms with Gasteiger partial charge in [0.2, 0.25) is 0 Å². The fourth-order valence-corrected chi connectivity index (χ4v) is 2.65. The van der Waals surface area contributed by atoms with Crippen LogP contribution in [-0.2, 0) is 0 Å². The highest BCUT2D eigenvalue weighted by atomic mass is 79.9. The number of nitrogens with zero attached hydrogens (tertiary/aromatic N) is 1. The maximum Gasteiger partial charge on any atom is 0.153 e. The number of benzene rings is 2. The molecule has 106 valence electrons. The van der Waals surface area contributed by atoms with Gasteiger partial charge in [0.15, 0.2) is 5.82 Å². The largest absolute Gasteiger partial charge is 0.382 e. The molecule has 0 unspecified atom stereocenters. The van der Waals surface area contributed by atoms with Crippen molar-refractivity contribution in [1.82, 2.24) is 10.2 Å². The molecule has 0 aliphatic rings. The first-order valence-corrected chi connectivity index (χ1v) is 7.29. The second kappa shape index (κ2) is 5.50. The third-order valence-corrected chi connectivity index (χ3v) is 4.36. The lowest BCUT2D eigenvalue weighted by Crippen LogP contribution is -1.91. The van der Waals surface area contributed by atoms with Crippen molar-refractivity contribution in [2.45, 2.75) is 0 Å². The molecule has 3 rings (SSSR count). The van der Waals surface area contributed by atoms with Crippen molar-refractivity contribution < 1.29 is 4.39 Å². The Kier molecular flexibility index (Phi) is 3.69. The summed E-state index contributed by atoms with van der Waals surface area (Å²) in [6.07, 6.45) is 0. The summed E-state index contributed by atoms with van der Waals surface area (Å²) in [5, 5.41) is 7.45. The second-order valence-corrected chi connectivity index (χ2v) is 5.73. The Bertz CT molecular complexity index is 816.